The lowest BCUT2D eigenvalue weighted by Crippen LogP contribution is -2.06. The van der Waals surface area contributed by atoms with Crippen LogP contribution in [0.5, 0.6) is 11.5 Å². The SMILES string of the molecule is Cc1ccccc1Oc1cccc(-c2ccc[nH]c2=O)c1. The van der Waals surface area contributed by atoms with Crippen molar-refractivity contribution >= 4 is 0 Å². The summed E-state index contributed by atoms with van der Waals surface area (Å²) in [4.78, 5) is 14.5. The number of H-pyrrole nitrogens is 1. The van der Waals surface area contributed by atoms with Gasteiger partial charge in [0.2, 0.25) is 0 Å². The van der Waals surface area contributed by atoms with E-state index < -0.39 is 0 Å². The number of para-hydroxylation sites is 1. The molecule has 0 aliphatic heterocycles. The first kappa shape index (κ1) is 13.2. The van der Waals surface area contributed by atoms with E-state index in [1.165, 1.54) is 0 Å². The predicted octanol–water partition coefficient (Wildman–Crippen LogP) is 4.14. The summed E-state index contributed by atoms with van der Waals surface area (Å²) in [5, 5.41) is 0. The van der Waals surface area contributed by atoms with E-state index in [0.29, 0.717) is 11.3 Å². The number of benzene rings is 2. The molecule has 3 aromatic rings. The second kappa shape index (κ2) is 5.67. The molecule has 0 saturated heterocycles. The van der Waals surface area contributed by atoms with Crippen LogP contribution in [0.15, 0.2) is 71.7 Å². The second-order valence-corrected chi connectivity index (χ2v) is 4.81. The Hall–Kier alpha value is -2.81. The van der Waals surface area contributed by atoms with Gasteiger partial charge in [0.1, 0.15) is 11.5 Å². The van der Waals surface area contributed by atoms with Crippen molar-refractivity contribution in [2.24, 2.45) is 0 Å². The summed E-state index contributed by atoms with van der Waals surface area (Å²) >= 11 is 0. The van der Waals surface area contributed by atoms with Gasteiger partial charge in [-0.25, -0.2) is 0 Å². The normalized spacial score (nSPS) is 10.3. The maximum atomic E-state index is 11.8. The van der Waals surface area contributed by atoms with E-state index in [0.717, 1.165) is 16.9 Å². The Morgan fingerprint density at radius 2 is 1.81 bits per heavy atom. The van der Waals surface area contributed by atoms with Crippen molar-refractivity contribution in [1.29, 1.82) is 0 Å². The molecule has 0 aliphatic carbocycles. The van der Waals surface area contributed by atoms with E-state index in [-0.39, 0.29) is 5.56 Å². The fraction of sp³-hybridized carbons (Fsp3) is 0.0556. The first-order valence-corrected chi connectivity index (χ1v) is 6.76. The van der Waals surface area contributed by atoms with E-state index >= 15 is 0 Å². The van der Waals surface area contributed by atoms with Crippen molar-refractivity contribution in [3.63, 3.8) is 0 Å². The van der Waals surface area contributed by atoms with Crippen LogP contribution in [0.25, 0.3) is 11.1 Å². The first-order chi connectivity index (χ1) is 10.2. The highest BCUT2D eigenvalue weighted by atomic mass is 16.5. The zero-order chi connectivity index (χ0) is 14.7. The van der Waals surface area contributed by atoms with Gasteiger partial charge >= 0.3 is 0 Å². The van der Waals surface area contributed by atoms with E-state index in [4.69, 9.17) is 4.74 Å². The Morgan fingerprint density at radius 1 is 0.952 bits per heavy atom. The first-order valence-electron chi connectivity index (χ1n) is 6.76. The molecule has 0 unspecified atom stereocenters. The van der Waals surface area contributed by atoms with Gasteiger partial charge in [0.05, 0.1) is 0 Å². The van der Waals surface area contributed by atoms with Gasteiger partial charge in [-0.2, -0.15) is 0 Å². The molecule has 3 nitrogen and oxygen atoms in total. The molecule has 104 valence electrons. The van der Waals surface area contributed by atoms with Gasteiger partial charge in [-0.05, 0) is 48.4 Å². The molecule has 0 spiro atoms. The van der Waals surface area contributed by atoms with E-state index in [1.54, 1.807) is 12.3 Å². The minimum Gasteiger partial charge on any atom is -0.457 e. The molecule has 0 bridgehead atoms. The number of rotatable bonds is 3. The molecule has 2 aromatic carbocycles. The van der Waals surface area contributed by atoms with Crippen LogP contribution < -0.4 is 10.3 Å². The molecule has 0 amide bonds. The Labute approximate surface area is 122 Å². The highest BCUT2D eigenvalue weighted by Crippen LogP contribution is 2.27. The maximum Gasteiger partial charge on any atom is 0.255 e. The summed E-state index contributed by atoms with van der Waals surface area (Å²) in [7, 11) is 0. The number of aromatic nitrogens is 1. The third kappa shape index (κ3) is 2.87. The van der Waals surface area contributed by atoms with Gasteiger partial charge < -0.3 is 9.72 Å². The number of aromatic amines is 1. The lowest BCUT2D eigenvalue weighted by molar-refractivity contribution is 0.479. The van der Waals surface area contributed by atoms with Crippen LogP contribution in [0.4, 0.5) is 0 Å². The quantitative estimate of drug-likeness (QED) is 0.781. The van der Waals surface area contributed by atoms with E-state index in [1.807, 2.05) is 61.5 Å². The highest BCUT2D eigenvalue weighted by Gasteiger charge is 2.05. The van der Waals surface area contributed by atoms with Gasteiger partial charge in [-0.15, -0.1) is 0 Å². The lowest BCUT2D eigenvalue weighted by atomic mass is 10.1. The standard InChI is InChI=1S/C18H15NO2/c1-13-6-2-3-10-17(13)21-15-8-4-7-14(12-15)16-9-5-11-19-18(16)20/h2-12H,1H3,(H,19,20). The molecular weight excluding hydrogens is 262 g/mol. The fourth-order valence-corrected chi connectivity index (χ4v) is 2.17. The summed E-state index contributed by atoms with van der Waals surface area (Å²) in [6, 6.07) is 19.0. The minimum absolute atomic E-state index is 0.106. The molecule has 3 rings (SSSR count). The van der Waals surface area contributed by atoms with Gasteiger partial charge in [0, 0.05) is 11.8 Å². The van der Waals surface area contributed by atoms with Gasteiger partial charge in [-0.1, -0.05) is 30.3 Å². The summed E-state index contributed by atoms with van der Waals surface area (Å²) < 4.78 is 5.90. The van der Waals surface area contributed by atoms with E-state index in [2.05, 4.69) is 4.98 Å². The van der Waals surface area contributed by atoms with Crippen molar-refractivity contribution in [3.8, 4) is 22.6 Å². The number of nitrogens with one attached hydrogen (secondary N) is 1. The number of pyridine rings is 1. The Morgan fingerprint density at radius 3 is 2.62 bits per heavy atom. The molecule has 0 fully saturated rings. The van der Waals surface area contributed by atoms with Crippen LogP contribution in [-0.4, -0.2) is 4.98 Å². The van der Waals surface area contributed by atoms with Crippen LogP contribution in [0.2, 0.25) is 0 Å². The molecule has 0 atom stereocenters. The number of aryl methyl sites for hydroxylation is 1. The number of ether oxygens (including phenoxy) is 1. The van der Waals surface area contributed by atoms with Gasteiger partial charge in [0.15, 0.2) is 0 Å². The van der Waals surface area contributed by atoms with Crippen molar-refractivity contribution in [2.75, 3.05) is 0 Å². The van der Waals surface area contributed by atoms with Gasteiger partial charge in [-0.3, -0.25) is 4.79 Å². The molecule has 0 aliphatic rings. The maximum absolute atomic E-state index is 11.8. The molecule has 3 heteroatoms. The third-order valence-corrected chi connectivity index (χ3v) is 3.28. The number of hydrogen-bond donors (Lipinski definition) is 1. The zero-order valence-electron chi connectivity index (χ0n) is 11.7. The Balaban J connectivity index is 1.96. The third-order valence-electron chi connectivity index (χ3n) is 3.28. The molecule has 1 N–H and O–H groups in total. The molecule has 0 radical (unpaired) electrons. The van der Waals surface area contributed by atoms with Crippen LogP contribution in [-0.2, 0) is 0 Å². The lowest BCUT2D eigenvalue weighted by Gasteiger charge is -2.09. The van der Waals surface area contributed by atoms with Crippen molar-refractivity contribution < 1.29 is 4.74 Å². The van der Waals surface area contributed by atoms with Crippen molar-refractivity contribution in [3.05, 3.63) is 82.8 Å². The predicted molar refractivity (Wildman–Crippen MR) is 83.8 cm³/mol. The van der Waals surface area contributed by atoms with E-state index in [9.17, 15) is 4.79 Å². The number of hydrogen-bond acceptors (Lipinski definition) is 2. The monoisotopic (exact) mass is 277 g/mol. The van der Waals surface area contributed by atoms with Crippen LogP contribution in [0.1, 0.15) is 5.56 Å². The molecule has 21 heavy (non-hydrogen) atoms. The molecular formula is C18H15NO2. The Bertz CT molecular complexity index is 821. The van der Waals surface area contributed by atoms with Crippen LogP contribution in [0.3, 0.4) is 0 Å². The van der Waals surface area contributed by atoms with Gasteiger partial charge in [0.25, 0.3) is 5.56 Å². The van der Waals surface area contributed by atoms with Crippen molar-refractivity contribution in [1.82, 2.24) is 4.98 Å². The smallest absolute Gasteiger partial charge is 0.255 e. The average molecular weight is 277 g/mol. The fourth-order valence-electron chi connectivity index (χ4n) is 2.17. The average Bonchev–Trinajstić information content (AvgIpc) is 2.50. The highest BCUT2D eigenvalue weighted by molar-refractivity contribution is 5.64. The largest absolute Gasteiger partial charge is 0.457 e. The van der Waals surface area contributed by atoms with Crippen LogP contribution in [0, 0.1) is 6.92 Å². The molecule has 1 heterocycles. The Kier molecular flexibility index (Phi) is 3.56. The summed E-state index contributed by atoms with van der Waals surface area (Å²) in [6.45, 7) is 2.00. The zero-order valence-corrected chi connectivity index (χ0v) is 11.7. The summed E-state index contributed by atoms with van der Waals surface area (Å²) in [5.74, 6) is 1.53. The second-order valence-electron chi connectivity index (χ2n) is 4.81. The minimum atomic E-state index is -0.106. The molecule has 1 aromatic heterocycles. The summed E-state index contributed by atoms with van der Waals surface area (Å²) in [6.07, 6.45) is 1.62. The van der Waals surface area contributed by atoms with Crippen LogP contribution >= 0.6 is 0 Å². The summed E-state index contributed by atoms with van der Waals surface area (Å²) in [5.41, 5.74) is 2.43. The molecule has 0 saturated carbocycles. The van der Waals surface area contributed by atoms with Crippen molar-refractivity contribution in [2.45, 2.75) is 6.92 Å². The topological polar surface area (TPSA) is 42.1 Å².